The van der Waals surface area contributed by atoms with Crippen molar-refractivity contribution in [3.8, 4) is 11.9 Å². The van der Waals surface area contributed by atoms with Gasteiger partial charge < -0.3 is 4.18 Å². The van der Waals surface area contributed by atoms with Crippen molar-refractivity contribution in [2.45, 2.75) is 9.73 Å². The fourth-order valence-electron chi connectivity index (χ4n) is 1.36. The monoisotopic (exact) mass is 343 g/mol. The van der Waals surface area contributed by atoms with Gasteiger partial charge in [0.15, 0.2) is 5.69 Å². The molecule has 0 spiro atoms. The first-order chi connectivity index (χ1) is 9.92. The van der Waals surface area contributed by atoms with Crippen LogP contribution in [-0.4, -0.2) is 18.6 Å². The Kier molecular flexibility index (Phi) is 4.63. The number of nitrogens with zero attached hydrogens (tertiary/aromatic N) is 3. The average Bonchev–Trinajstić information content (AvgIpc) is 2.48. The molecule has 0 saturated heterocycles. The van der Waals surface area contributed by atoms with Gasteiger partial charge in [-0.25, -0.2) is 0 Å². The number of benzene rings is 1. The zero-order valence-electron chi connectivity index (χ0n) is 10.3. The molecule has 108 valence electrons. The number of hydrogen-bond donors (Lipinski definition) is 0. The molecule has 1 aromatic carbocycles. The van der Waals surface area contributed by atoms with Crippen LogP contribution in [0.1, 0.15) is 16.1 Å². The summed E-state index contributed by atoms with van der Waals surface area (Å²) in [5, 5.41) is 15.5. The molecule has 1 heterocycles. The Bertz CT molecular complexity index is 769. The summed E-state index contributed by atoms with van der Waals surface area (Å²) in [5.41, 5.74) is 0.620. The Labute approximate surface area is 131 Å². The molecule has 0 unspecified atom stereocenters. The van der Waals surface area contributed by atoms with Crippen LogP contribution < -0.4 is 4.18 Å². The minimum absolute atomic E-state index is 0.0550. The van der Waals surface area contributed by atoms with Crippen molar-refractivity contribution >= 4 is 33.3 Å². The van der Waals surface area contributed by atoms with Gasteiger partial charge in [-0.2, -0.15) is 13.7 Å². The lowest BCUT2D eigenvalue weighted by atomic mass is 10.2. The summed E-state index contributed by atoms with van der Waals surface area (Å²) in [6.45, 7) is 0. The summed E-state index contributed by atoms with van der Waals surface area (Å²) in [5.74, 6) is -0.231. The maximum atomic E-state index is 12.0. The van der Waals surface area contributed by atoms with Gasteiger partial charge in [0.25, 0.3) is 5.88 Å². The molecule has 2 rings (SSSR count). The van der Waals surface area contributed by atoms with Crippen LogP contribution in [0.4, 0.5) is 0 Å². The van der Waals surface area contributed by atoms with Gasteiger partial charge in [0.1, 0.15) is 15.8 Å². The van der Waals surface area contributed by atoms with E-state index < -0.39 is 15.0 Å². The fourth-order valence-corrected chi connectivity index (χ4v) is 2.53. The first-order valence-electron chi connectivity index (χ1n) is 5.49. The molecule has 0 aliphatic rings. The number of nitriles is 1. The van der Waals surface area contributed by atoms with Crippen LogP contribution in [0.2, 0.25) is 0 Å². The molecule has 0 aliphatic heterocycles. The van der Waals surface area contributed by atoms with Crippen LogP contribution in [-0.2, 0) is 10.1 Å². The van der Waals surface area contributed by atoms with Crippen molar-refractivity contribution in [1.82, 2.24) is 10.2 Å². The number of alkyl halides is 2. The molecule has 0 fully saturated rings. The Hall–Kier alpha value is -1.88. The highest BCUT2D eigenvalue weighted by molar-refractivity contribution is 7.87. The largest absolute Gasteiger partial charge is 0.357 e. The third-order valence-electron chi connectivity index (χ3n) is 2.37. The van der Waals surface area contributed by atoms with Crippen molar-refractivity contribution in [2.24, 2.45) is 0 Å². The van der Waals surface area contributed by atoms with Gasteiger partial charge in [-0.05, 0) is 23.8 Å². The van der Waals surface area contributed by atoms with Crippen molar-refractivity contribution < 1.29 is 12.6 Å². The summed E-state index contributed by atoms with van der Waals surface area (Å²) >= 11 is 11.3. The minimum atomic E-state index is -4.05. The van der Waals surface area contributed by atoms with Gasteiger partial charge in [0, 0.05) is 6.07 Å². The van der Waals surface area contributed by atoms with Crippen molar-refractivity contribution in [2.75, 3.05) is 0 Å². The zero-order valence-corrected chi connectivity index (χ0v) is 12.6. The highest BCUT2D eigenvalue weighted by Crippen LogP contribution is 2.26. The van der Waals surface area contributed by atoms with Gasteiger partial charge in [-0.1, -0.05) is 12.1 Å². The van der Waals surface area contributed by atoms with Gasteiger partial charge >= 0.3 is 10.1 Å². The molecule has 0 radical (unpaired) electrons. The smallest absolute Gasteiger partial charge is 0.340 e. The molecule has 0 atom stereocenters. The van der Waals surface area contributed by atoms with Gasteiger partial charge in [0.2, 0.25) is 0 Å². The molecular formula is C12H7Cl2N3O3S. The predicted octanol–water partition coefficient (Wildman–Crippen LogP) is 2.59. The minimum Gasteiger partial charge on any atom is -0.357 e. The third kappa shape index (κ3) is 3.82. The summed E-state index contributed by atoms with van der Waals surface area (Å²) in [6, 6.07) is 9.89. The lowest BCUT2D eigenvalue weighted by molar-refractivity contribution is 0.471. The van der Waals surface area contributed by atoms with Crippen LogP contribution in [0.3, 0.4) is 0 Å². The van der Waals surface area contributed by atoms with Crippen LogP contribution >= 0.6 is 23.2 Å². The van der Waals surface area contributed by atoms with E-state index in [4.69, 9.17) is 32.6 Å². The molecular weight excluding hydrogens is 337 g/mol. The molecule has 0 N–H and O–H groups in total. The van der Waals surface area contributed by atoms with Crippen LogP contribution in [0, 0.1) is 11.3 Å². The molecule has 1 aromatic heterocycles. The van der Waals surface area contributed by atoms with E-state index in [0.717, 1.165) is 0 Å². The zero-order chi connectivity index (χ0) is 15.5. The van der Waals surface area contributed by atoms with E-state index in [9.17, 15) is 8.42 Å². The summed E-state index contributed by atoms with van der Waals surface area (Å²) in [6.07, 6.45) is 0. The molecule has 6 nitrogen and oxygen atoms in total. The molecule has 0 amide bonds. The quantitative estimate of drug-likeness (QED) is 0.625. The number of aromatic nitrogens is 2. The lowest BCUT2D eigenvalue weighted by Gasteiger charge is -2.07. The SMILES string of the molecule is N#Cc1ccc(OS(=O)(=O)c2ccc(C(Cl)Cl)cc2)nn1. The van der Waals surface area contributed by atoms with E-state index in [-0.39, 0.29) is 16.5 Å². The van der Waals surface area contributed by atoms with Gasteiger partial charge in [-0.15, -0.1) is 33.4 Å². The first-order valence-corrected chi connectivity index (χ1v) is 7.77. The number of rotatable bonds is 4. The first kappa shape index (κ1) is 15.5. The van der Waals surface area contributed by atoms with E-state index in [1.54, 1.807) is 6.07 Å². The maximum absolute atomic E-state index is 12.0. The van der Waals surface area contributed by atoms with Crippen LogP contribution in [0.15, 0.2) is 41.3 Å². The molecule has 9 heteroatoms. The Morgan fingerprint density at radius 1 is 1.10 bits per heavy atom. The molecule has 21 heavy (non-hydrogen) atoms. The highest BCUT2D eigenvalue weighted by Gasteiger charge is 2.18. The fraction of sp³-hybridized carbons (Fsp3) is 0.0833. The number of halogens is 2. The van der Waals surface area contributed by atoms with Crippen molar-refractivity contribution in [3.63, 3.8) is 0 Å². The normalized spacial score (nSPS) is 11.1. The van der Waals surface area contributed by atoms with E-state index in [0.29, 0.717) is 5.56 Å². The highest BCUT2D eigenvalue weighted by atomic mass is 35.5. The maximum Gasteiger partial charge on any atom is 0.340 e. The van der Waals surface area contributed by atoms with Gasteiger partial charge in [0.05, 0.1) is 0 Å². The standard InChI is InChI=1S/C12H7Cl2N3O3S/c13-12(14)8-1-4-10(5-2-8)21(18,19)20-11-6-3-9(7-15)16-17-11/h1-6,12H. The number of hydrogen-bond acceptors (Lipinski definition) is 6. The molecule has 0 saturated carbocycles. The molecule has 0 aliphatic carbocycles. The van der Waals surface area contributed by atoms with Gasteiger partial charge in [-0.3, -0.25) is 0 Å². The topological polar surface area (TPSA) is 92.9 Å². The lowest BCUT2D eigenvalue weighted by Crippen LogP contribution is -2.11. The second-order valence-electron chi connectivity index (χ2n) is 3.78. The van der Waals surface area contributed by atoms with Crippen LogP contribution in [0.25, 0.3) is 0 Å². The van der Waals surface area contributed by atoms with Crippen molar-refractivity contribution in [3.05, 3.63) is 47.7 Å². The van der Waals surface area contributed by atoms with E-state index in [2.05, 4.69) is 10.2 Å². The van der Waals surface area contributed by atoms with Crippen LogP contribution in [0.5, 0.6) is 5.88 Å². The molecule has 2 aromatic rings. The van der Waals surface area contributed by atoms with E-state index in [1.807, 2.05) is 0 Å². The molecule has 0 bridgehead atoms. The Morgan fingerprint density at radius 2 is 1.76 bits per heavy atom. The van der Waals surface area contributed by atoms with E-state index >= 15 is 0 Å². The second kappa shape index (κ2) is 6.26. The average molecular weight is 344 g/mol. The Morgan fingerprint density at radius 3 is 2.24 bits per heavy atom. The predicted molar refractivity (Wildman–Crippen MR) is 75.4 cm³/mol. The summed E-state index contributed by atoms with van der Waals surface area (Å²) in [7, 11) is -4.05. The van der Waals surface area contributed by atoms with E-state index in [1.165, 1.54) is 36.4 Å². The second-order valence-corrected chi connectivity index (χ2v) is 6.42. The summed E-state index contributed by atoms with van der Waals surface area (Å²) < 4.78 is 28.8. The Balaban J connectivity index is 2.23. The third-order valence-corrected chi connectivity index (χ3v) is 4.11. The summed E-state index contributed by atoms with van der Waals surface area (Å²) in [4.78, 5) is -0.821. The van der Waals surface area contributed by atoms with Crippen molar-refractivity contribution in [1.29, 1.82) is 5.26 Å².